The lowest BCUT2D eigenvalue weighted by Gasteiger charge is -2.41. The number of rotatable bonds is 7. The molecule has 2 N–H and O–H groups in total. The first kappa shape index (κ1) is 17.4. The smallest absolute Gasteiger partial charge is 0.221 e. The molecule has 2 unspecified atom stereocenters. The second kappa shape index (κ2) is 8.63. The third-order valence-corrected chi connectivity index (χ3v) is 4.27. The monoisotopic (exact) mass is 284 g/mol. The van der Waals surface area contributed by atoms with Crippen molar-refractivity contribution in [3.63, 3.8) is 0 Å². The van der Waals surface area contributed by atoms with Crippen LogP contribution in [-0.4, -0.2) is 38.8 Å². The fourth-order valence-corrected chi connectivity index (χ4v) is 3.16. The summed E-state index contributed by atoms with van der Waals surface area (Å²) in [6.45, 7) is 8.94. The Morgan fingerprint density at radius 3 is 2.55 bits per heavy atom. The van der Waals surface area contributed by atoms with Crippen LogP contribution in [0.25, 0.3) is 0 Å². The van der Waals surface area contributed by atoms with E-state index in [0.717, 1.165) is 6.54 Å². The molecule has 0 saturated heterocycles. The number of hydrogen-bond acceptors (Lipinski definition) is 3. The molecule has 0 aromatic rings. The van der Waals surface area contributed by atoms with Gasteiger partial charge in [-0.25, -0.2) is 0 Å². The number of hydrogen-bond donors (Lipinski definition) is 2. The van der Waals surface area contributed by atoms with Gasteiger partial charge in [-0.3, -0.25) is 4.79 Å². The van der Waals surface area contributed by atoms with Crippen molar-refractivity contribution in [2.24, 2.45) is 11.3 Å². The summed E-state index contributed by atoms with van der Waals surface area (Å²) in [6, 6.07) is 0.565. The van der Waals surface area contributed by atoms with Gasteiger partial charge in [0.25, 0.3) is 0 Å². The lowest BCUT2D eigenvalue weighted by Crippen LogP contribution is -2.45. The van der Waals surface area contributed by atoms with E-state index in [-0.39, 0.29) is 5.91 Å². The van der Waals surface area contributed by atoms with Crippen molar-refractivity contribution in [2.45, 2.75) is 58.9 Å². The van der Waals surface area contributed by atoms with Gasteiger partial charge < -0.3 is 15.4 Å². The summed E-state index contributed by atoms with van der Waals surface area (Å²) in [7, 11) is 1.64. The Hall–Kier alpha value is -0.610. The number of nitrogens with one attached hydrogen (secondary N) is 2. The van der Waals surface area contributed by atoms with Crippen LogP contribution in [0.2, 0.25) is 0 Å². The number of amides is 1. The Kier molecular flexibility index (Phi) is 7.52. The van der Waals surface area contributed by atoms with Crippen molar-refractivity contribution in [1.29, 1.82) is 0 Å². The average Bonchev–Trinajstić information content (AvgIpc) is 2.38. The van der Waals surface area contributed by atoms with Gasteiger partial charge in [0.1, 0.15) is 0 Å². The maximum atomic E-state index is 11.6. The Morgan fingerprint density at radius 1 is 1.20 bits per heavy atom. The fraction of sp³-hybridized carbons (Fsp3) is 0.938. The quantitative estimate of drug-likeness (QED) is 0.706. The van der Waals surface area contributed by atoms with Crippen molar-refractivity contribution < 1.29 is 9.53 Å². The summed E-state index contributed by atoms with van der Waals surface area (Å²) in [5, 5.41) is 6.47. The molecule has 0 aliphatic heterocycles. The summed E-state index contributed by atoms with van der Waals surface area (Å²) >= 11 is 0. The normalized spacial score (nSPS) is 23.6. The van der Waals surface area contributed by atoms with Gasteiger partial charge in [-0.05, 0) is 24.2 Å². The van der Waals surface area contributed by atoms with E-state index >= 15 is 0 Å². The molecule has 1 aliphatic carbocycles. The lowest BCUT2D eigenvalue weighted by molar-refractivity contribution is -0.121. The van der Waals surface area contributed by atoms with Crippen molar-refractivity contribution in [3.05, 3.63) is 0 Å². The van der Waals surface area contributed by atoms with Gasteiger partial charge in [0, 0.05) is 32.7 Å². The molecule has 0 bridgehead atoms. The third kappa shape index (κ3) is 6.23. The molecule has 0 heterocycles. The molecule has 118 valence electrons. The third-order valence-electron chi connectivity index (χ3n) is 4.27. The molecule has 1 amide bonds. The van der Waals surface area contributed by atoms with Gasteiger partial charge >= 0.3 is 0 Å². The van der Waals surface area contributed by atoms with Crippen molar-refractivity contribution >= 4 is 5.91 Å². The Morgan fingerprint density at radius 2 is 1.90 bits per heavy atom. The van der Waals surface area contributed by atoms with Crippen LogP contribution in [0.1, 0.15) is 52.9 Å². The van der Waals surface area contributed by atoms with Crippen LogP contribution in [0.3, 0.4) is 0 Å². The van der Waals surface area contributed by atoms with Gasteiger partial charge in [-0.15, -0.1) is 0 Å². The topological polar surface area (TPSA) is 50.4 Å². The first-order valence-corrected chi connectivity index (χ1v) is 7.94. The zero-order valence-electron chi connectivity index (χ0n) is 13.6. The molecule has 0 aromatic heterocycles. The van der Waals surface area contributed by atoms with Gasteiger partial charge in [-0.2, -0.15) is 0 Å². The second-order valence-corrected chi connectivity index (χ2v) is 6.91. The minimum atomic E-state index is 0.109. The highest BCUT2D eigenvalue weighted by molar-refractivity contribution is 5.76. The molecule has 1 fully saturated rings. The zero-order chi connectivity index (χ0) is 15.0. The second-order valence-electron chi connectivity index (χ2n) is 6.91. The van der Waals surface area contributed by atoms with E-state index in [2.05, 4.69) is 31.4 Å². The van der Waals surface area contributed by atoms with Crippen LogP contribution >= 0.6 is 0 Å². The maximum Gasteiger partial charge on any atom is 0.221 e. The largest absolute Gasteiger partial charge is 0.383 e. The van der Waals surface area contributed by atoms with Crippen molar-refractivity contribution in [1.82, 2.24) is 10.6 Å². The molecule has 1 rings (SSSR count). The number of carbonyl (C=O) groups is 1. The van der Waals surface area contributed by atoms with E-state index in [1.165, 1.54) is 25.7 Å². The highest BCUT2D eigenvalue weighted by Crippen LogP contribution is 2.37. The predicted octanol–water partition coefficient (Wildman–Crippen LogP) is 2.33. The van der Waals surface area contributed by atoms with Crippen LogP contribution < -0.4 is 10.6 Å². The van der Waals surface area contributed by atoms with Gasteiger partial charge in [-0.1, -0.05) is 33.6 Å². The molecule has 20 heavy (non-hydrogen) atoms. The van der Waals surface area contributed by atoms with Crippen molar-refractivity contribution in [3.8, 4) is 0 Å². The molecular weight excluding hydrogens is 252 g/mol. The molecular formula is C16H32N2O2. The summed E-state index contributed by atoms with van der Waals surface area (Å²) in [5.74, 6) is 0.825. The Balaban J connectivity index is 2.27. The highest BCUT2D eigenvalue weighted by Gasteiger charge is 2.33. The van der Waals surface area contributed by atoms with Crippen molar-refractivity contribution in [2.75, 3.05) is 26.8 Å². The number of carbonyl (C=O) groups excluding carboxylic acids is 1. The SMILES string of the molecule is COCCNC(=O)CCNC1CCCCC1C(C)(C)C. The summed E-state index contributed by atoms with van der Waals surface area (Å²) in [6.07, 6.45) is 5.76. The summed E-state index contributed by atoms with van der Waals surface area (Å²) < 4.78 is 4.91. The van der Waals surface area contributed by atoms with E-state index < -0.39 is 0 Å². The molecule has 1 saturated carbocycles. The number of methoxy groups -OCH3 is 1. The van der Waals surface area contributed by atoms with Gasteiger partial charge in [0.05, 0.1) is 6.61 Å². The van der Waals surface area contributed by atoms with Crippen LogP contribution in [0, 0.1) is 11.3 Å². The van der Waals surface area contributed by atoms with Gasteiger partial charge in [0.2, 0.25) is 5.91 Å². The standard InChI is InChI=1S/C16H32N2O2/c1-16(2,3)13-7-5-6-8-14(13)17-10-9-15(19)18-11-12-20-4/h13-14,17H,5-12H2,1-4H3,(H,18,19). The van der Waals surface area contributed by atoms with Crippen LogP contribution in [0.5, 0.6) is 0 Å². The first-order valence-electron chi connectivity index (χ1n) is 7.94. The highest BCUT2D eigenvalue weighted by atomic mass is 16.5. The molecule has 0 radical (unpaired) electrons. The van der Waals surface area contributed by atoms with Crippen LogP contribution in [0.15, 0.2) is 0 Å². The molecule has 4 nitrogen and oxygen atoms in total. The zero-order valence-corrected chi connectivity index (χ0v) is 13.6. The maximum absolute atomic E-state index is 11.6. The Labute approximate surface area is 124 Å². The van der Waals surface area contributed by atoms with E-state index in [9.17, 15) is 4.79 Å². The summed E-state index contributed by atoms with van der Waals surface area (Å²) in [4.78, 5) is 11.6. The average molecular weight is 284 g/mol. The first-order chi connectivity index (χ1) is 9.45. The van der Waals surface area contributed by atoms with Crippen LogP contribution in [-0.2, 0) is 9.53 Å². The van der Waals surface area contributed by atoms with E-state index in [4.69, 9.17) is 4.74 Å². The predicted molar refractivity (Wildman–Crippen MR) is 82.7 cm³/mol. The minimum absolute atomic E-state index is 0.109. The molecule has 0 aromatic carbocycles. The number of ether oxygens (including phenoxy) is 1. The van der Waals surface area contributed by atoms with E-state index in [0.29, 0.717) is 36.9 Å². The van der Waals surface area contributed by atoms with Crippen LogP contribution in [0.4, 0.5) is 0 Å². The van der Waals surface area contributed by atoms with E-state index in [1.54, 1.807) is 7.11 Å². The van der Waals surface area contributed by atoms with E-state index in [1.807, 2.05) is 0 Å². The molecule has 4 heteroatoms. The summed E-state index contributed by atoms with van der Waals surface area (Å²) in [5.41, 5.74) is 0.346. The molecule has 2 atom stereocenters. The lowest BCUT2D eigenvalue weighted by atomic mass is 9.69. The van der Waals surface area contributed by atoms with Gasteiger partial charge in [0.15, 0.2) is 0 Å². The molecule has 1 aliphatic rings. The fourth-order valence-electron chi connectivity index (χ4n) is 3.16. The molecule has 0 spiro atoms. The Bertz CT molecular complexity index is 287. The minimum Gasteiger partial charge on any atom is -0.383 e.